The molecule has 2 aromatic carbocycles. The number of hydrogen-bond acceptors (Lipinski definition) is 1. The second-order valence-electron chi connectivity index (χ2n) is 4.51. The zero-order valence-electron chi connectivity index (χ0n) is 9.84. The lowest BCUT2D eigenvalue weighted by Gasteiger charge is -2.08. The second kappa shape index (κ2) is 4.53. The summed E-state index contributed by atoms with van der Waals surface area (Å²) in [7, 11) is 0. The normalized spacial score (nSPS) is 13.7. The van der Waals surface area contributed by atoms with E-state index < -0.39 is 11.6 Å². The summed E-state index contributed by atoms with van der Waals surface area (Å²) in [5, 5.41) is 0. The summed E-state index contributed by atoms with van der Waals surface area (Å²) in [4.78, 5) is 11.5. The van der Waals surface area contributed by atoms with Crippen LogP contribution >= 0.6 is 15.9 Å². The Hall–Kier alpha value is -1.55. The molecule has 1 aliphatic carbocycles. The van der Waals surface area contributed by atoms with Crippen LogP contribution in [0.3, 0.4) is 0 Å². The quantitative estimate of drug-likeness (QED) is 0.705. The summed E-state index contributed by atoms with van der Waals surface area (Å²) in [6.45, 7) is 0. The third-order valence-corrected chi connectivity index (χ3v) is 3.97. The van der Waals surface area contributed by atoms with Crippen LogP contribution < -0.4 is 0 Å². The highest BCUT2D eigenvalue weighted by molar-refractivity contribution is 9.10. The lowest BCUT2D eigenvalue weighted by atomic mass is 9.99. The number of carbonyl (C=O) groups is 1. The smallest absolute Gasteiger partial charge is 0.163 e. The van der Waals surface area contributed by atoms with Crippen molar-refractivity contribution < 1.29 is 13.6 Å². The fourth-order valence-electron chi connectivity index (χ4n) is 2.40. The van der Waals surface area contributed by atoms with Gasteiger partial charge in [-0.15, -0.1) is 0 Å². The summed E-state index contributed by atoms with van der Waals surface area (Å²) >= 11 is 3.05. The van der Waals surface area contributed by atoms with Gasteiger partial charge in [-0.25, -0.2) is 8.78 Å². The number of hydrogen-bond donors (Lipinski definition) is 0. The van der Waals surface area contributed by atoms with Gasteiger partial charge in [0.15, 0.2) is 5.78 Å². The van der Waals surface area contributed by atoms with Crippen LogP contribution in [0.5, 0.6) is 0 Å². The molecule has 0 heterocycles. The lowest BCUT2D eigenvalue weighted by Crippen LogP contribution is -1.94. The minimum atomic E-state index is -0.621. The van der Waals surface area contributed by atoms with E-state index in [-0.39, 0.29) is 15.8 Å². The average Bonchev–Trinajstić information content (AvgIpc) is 2.76. The first-order valence-electron chi connectivity index (χ1n) is 5.88. The van der Waals surface area contributed by atoms with Crippen molar-refractivity contribution in [3.8, 4) is 11.1 Å². The number of ketones is 1. The van der Waals surface area contributed by atoms with Crippen LogP contribution in [0.1, 0.15) is 22.3 Å². The first-order chi connectivity index (χ1) is 9.08. The summed E-state index contributed by atoms with van der Waals surface area (Å²) < 4.78 is 28.1. The fraction of sp³-hybridized carbons (Fsp3) is 0.133. The average molecular weight is 323 g/mol. The Balaban J connectivity index is 2.19. The van der Waals surface area contributed by atoms with Crippen molar-refractivity contribution in [2.24, 2.45) is 0 Å². The molecule has 1 aliphatic rings. The van der Waals surface area contributed by atoms with Gasteiger partial charge in [0.1, 0.15) is 11.6 Å². The molecule has 0 saturated heterocycles. The Kier molecular flexibility index (Phi) is 2.97. The first-order valence-corrected chi connectivity index (χ1v) is 6.67. The maximum Gasteiger partial charge on any atom is 0.163 e. The molecule has 3 rings (SSSR count). The molecule has 0 aliphatic heterocycles. The van der Waals surface area contributed by atoms with Crippen molar-refractivity contribution >= 4 is 21.7 Å². The van der Waals surface area contributed by atoms with Gasteiger partial charge in [-0.2, -0.15) is 0 Å². The maximum atomic E-state index is 14.0. The number of aryl methyl sites for hydroxylation is 1. The molecule has 96 valence electrons. The third-order valence-electron chi connectivity index (χ3n) is 3.36. The molecule has 19 heavy (non-hydrogen) atoms. The van der Waals surface area contributed by atoms with Crippen LogP contribution in [0.25, 0.3) is 11.1 Å². The number of Topliss-reactive ketones (excluding diaryl/α,β-unsaturated/α-hetero) is 1. The molecule has 0 unspecified atom stereocenters. The number of benzene rings is 2. The SMILES string of the molecule is O=C1CCc2cc(-c3c(F)ccc(Br)c3F)ccc21. The number of halogens is 3. The van der Waals surface area contributed by atoms with Crippen LogP contribution in [0.15, 0.2) is 34.8 Å². The molecular formula is C15H9BrF2O. The topological polar surface area (TPSA) is 17.1 Å². The van der Waals surface area contributed by atoms with Gasteiger partial charge in [0.05, 0.1) is 10.0 Å². The minimum Gasteiger partial charge on any atom is -0.294 e. The number of carbonyl (C=O) groups excluding carboxylic acids is 1. The highest BCUT2D eigenvalue weighted by Gasteiger charge is 2.21. The zero-order valence-corrected chi connectivity index (χ0v) is 11.4. The van der Waals surface area contributed by atoms with E-state index in [1.807, 2.05) is 0 Å². The second-order valence-corrected chi connectivity index (χ2v) is 5.37. The minimum absolute atomic E-state index is 0.0588. The molecule has 0 amide bonds. The molecule has 0 N–H and O–H groups in total. The van der Waals surface area contributed by atoms with Crippen LogP contribution in [0.2, 0.25) is 0 Å². The van der Waals surface area contributed by atoms with Crippen molar-refractivity contribution in [3.05, 3.63) is 57.6 Å². The molecular weight excluding hydrogens is 314 g/mol. The molecule has 2 aromatic rings. The van der Waals surface area contributed by atoms with E-state index >= 15 is 0 Å². The van der Waals surface area contributed by atoms with Gasteiger partial charge in [0.2, 0.25) is 0 Å². The summed E-state index contributed by atoms with van der Waals surface area (Å²) in [6, 6.07) is 7.51. The molecule has 0 saturated carbocycles. The van der Waals surface area contributed by atoms with Gasteiger partial charge in [-0.05, 0) is 45.6 Å². The predicted molar refractivity (Wildman–Crippen MR) is 72.1 cm³/mol. The molecule has 1 nitrogen and oxygen atoms in total. The van der Waals surface area contributed by atoms with E-state index in [0.717, 1.165) is 5.56 Å². The standard InChI is InChI=1S/C15H9BrF2O/c16-11-4-5-12(17)14(15(11)18)9-1-3-10-8(7-9)2-6-13(10)19/h1,3-5,7H,2,6H2. The van der Waals surface area contributed by atoms with Gasteiger partial charge in [-0.1, -0.05) is 18.2 Å². The molecule has 0 radical (unpaired) electrons. The lowest BCUT2D eigenvalue weighted by molar-refractivity contribution is 0.0994. The van der Waals surface area contributed by atoms with E-state index in [1.54, 1.807) is 18.2 Å². The van der Waals surface area contributed by atoms with Crippen LogP contribution in [-0.4, -0.2) is 5.78 Å². The van der Waals surface area contributed by atoms with Crippen LogP contribution in [0.4, 0.5) is 8.78 Å². The van der Waals surface area contributed by atoms with Gasteiger partial charge < -0.3 is 0 Å². The molecule has 4 heteroatoms. The number of fused-ring (bicyclic) bond motifs is 1. The molecule has 0 aromatic heterocycles. The Labute approximate surface area is 117 Å². The monoisotopic (exact) mass is 322 g/mol. The highest BCUT2D eigenvalue weighted by Crippen LogP contribution is 2.33. The molecule has 0 atom stereocenters. The van der Waals surface area contributed by atoms with Gasteiger partial charge in [0, 0.05) is 12.0 Å². The Morgan fingerprint density at radius 1 is 1.05 bits per heavy atom. The summed E-state index contributed by atoms with van der Waals surface area (Å²) in [5.41, 5.74) is 1.93. The Bertz CT molecular complexity index is 695. The van der Waals surface area contributed by atoms with Crippen molar-refractivity contribution in [1.82, 2.24) is 0 Å². The van der Waals surface area contributed by atoms with Gasteiger partial charge in [0.25, 0.3) is 0 Å². The Morgan fingerprint density at radius 2 is 1.84 bits per heavy atom. The van der Waals surface area contributed by atoms with E-state index in [1.165, 1.54) is 12.1 Å². The molecule has 0 fully saturated rings. The first kappa shape index (κ1) is 12.5. The van der Waals surface area contributed by atoms with Crippen molar-refractivity contribution in [2.75, 3.05) is 0 Å². The van der Waals surface area contributed by atoms with E-state index in [4.69, 9.17) is 0 Å². The molecule has 0 spiro atoms. The van der Waals surface area contributed by atoms with Crippen LogP contribution in [-0.2, 0) is 6.42 Å². The molecule has 0 bridgehead atoms. The van der Waals surface area contributed by atoms with E-state index in [9.17, 15) is 13.6 Å². The van der Waals surface area contributed by atoms with Crippen molar-refractivity contribution in [1.29, 1.82) is 0 Å². The largest absolute Gasteiger partial charge is 0.294 e. The summed E-state index contributed by atoms with van der Waals surface area (Å²) in [5.74, 6) is -1.13. The van der Waals surface area contributed by atoms with Gasteiger partial charge in [-0.3, -0.25) is 4.79 Å². The summed E-state index contributed by atoms with van der Waals surface area (Å²) in [6.07, 6.45) is 1.11. The number of rotatable bonds is 1. The third kappa shape index (κ3) is 2.00. The van der Waals surface area contributed by atoms with Gasteiger partial charge >= 0.3 is 0 Å². The predicted octanol–water partition coefficient (Wildman–Crippen LogP) is 4.52. The maximum absolute atomic E-state index is 14.0. The van der Waals surface area contributed by atoms with E-state index in [0.29, 0.717) is 24.0 Å². The highest BCUT2D eigenvalue weighted by atomic mass is 79.9. The van der Waals surface area contributed by atoms with E-state index in [2.05, 4.69) is 15.9 Å². The fourth-order valence-corrected chi connectivity index (χ4v) is 2.73. The van der Waals surface area contributed by atoms with Crippen LogP contribution in [0, 0.1) is 11.6 Å². The Morgan fingerprint density at radius 3 is 2.63 bits per heavy atom. The van der Waals surface area contributed by atoms with Crippen molar-refractivity contribution in [3.63, 3.8) is 0 Å². The zero-order chi connectivity index (χ0) is 13.6. The van der Waals surface area contributed by atoms with Crippen molar-refractivity contribution in [2.45, 2.75) is 12.8 Å².